The van der Waals surface area contributed by atoms with Crippen molar-refractivity contribution in [3.8, 4) is 96.4 Å². The molecule has 0 spiro atoms. The number of para-hydroxylation sites is 1. The normalized spacial score (nSPS) is 12.5. The maximum absolute atomic E-state index is 5.18. The van der Waals surface area contributed by atoms with Gasteiger partial charge in [0, 0.05) is 55.8 Å². The van der Waals surface area contributed by atoms with Gasteiger partial charge in [0.05, 0.1) is 16.7 Å². The van der Waals surface area contributed by atoms with Crippen molar-refractivity contribution in [1.82, 2.24) is 39.5 Å². The molecule has 0 saturated carbocycles. The molecule has 4 heterocycles. The maximum atomic E-state index is 5.18. The molecule has 8 aromatic carbocycles. The summed E-state index contributed by atoms with van der Waals surface area (Å²) in [6.45, 7) is 4.72. The fraction of sp³-hybridized carbons (Fsp3) is 0.0484. The highest BCUT2D eigenvalue weighted by molar-refractivity contribution is 6.14. The smallest absolute Gasteiger partial charge is 0.182 e. The summed E-state index contributed by atoms with van der Waals surface area (Å²) in [4.78, 5) is 35.4. The van der Waals surface area contributed by atoms with Gasteiger partial charge < -0.3 is 4.57 Å². The van der Waals surface area contributed by atoms with Crippen LogP contribution in [0.25, 0.3) is 118 Å². The molecule has 8 nitrogen and oxygen atoms in total. The summed E-state index contributed by atoms with van der Waals surface area (Å²) in [7, 11) is 0. The van der Waals surface area contributed by atoms with E-state index in [2.05, 4.69) is 109 Å². The lowest BCUT2D eigenvalue weighted by Crippen LogP contribution is -2.15. The van der Waals surface area contributed by atoms with E-state index in [9.17, 15) is 0 Å². The molecule has 0 aliphatic heterocycles. The number of rotatable bonds is 8. The highest BCUT2D eigenvalue weighted by atomic mass is 15.1. The van der Waals surface area contributed by atoms with Crippen LogP contribution in [0.3, 0.4) is 0 Å². The predicted molar refractivity (Wildman–Crippen MR) is 281 cm³/mol. The summed E-state index contributed by atoms with van der Waals surface area (Å²) in [6.07, 6.45) is 1.84. The SMILES string of the molecule is CC1(C)c2ccccc2-c2ccc3c(c21)c1ccccc1n3-c1ccc(-c2nc(-c3ccccc3)nc(-c3ccccc3)n2)cc1-c1ccnc(-c2nc(-c3ccccc3)nc(-c3ccccc3)n2)c1. The molecule has 0 unspecified atom stereocenters. The lowest BCUT2D eigenvalue weighted by Gasteiger charge is -2.22. The second-order valence-corrected chi connectivity index (χ2v) is 18.1. The first-order chi connectivity index (χ1) is 34.5. The van der Waals surface area contributed by atoms with E-state index >= 15 is 0 Å². The molecule has 0 fully saturated rings. The Labute approximate surface area is 404 Å². The van der Waals surface area contributed by atoms with Crippen molar-refractivity contribution >= 4 is 21.8 Å². The van der Waals surface area contributed by atoms with Gasteiger partial charge in [0.1, 0.15) is 5.69 Å². The van der Waals surface area contributed by atoms with Crippen molar-refractivity contribution in [2.24, 2.45) is 0 Å². The number of nitrogens with zero attached hydrogens (tertiary/aromatic N) is 8. The fourth-order valence-electron chi connectivity index (χ4n) is 10.3. The second kappa shape index (κ2) is 16.5. The number of hydrogen-bond acceptors (Lipinski definition) is 7. The van der Waals surface area contributed by atoms with E-state index in [0.29, 0.717) is 40.6 Å². The first kappa shape index (κ1) is 41.0. The highest BCUT2D eigenvalue weighted by Gasteiger charge is 2.38. The molecule has 0 bridgehead atoms. The molecule has 0 saturated heterocycles. The molecule has 4 aromatic heterocycles. The third-order valence-corrected chi connectivity index (χ3v) is 13.5. The van der Waals surface area contributed by atoms with Gasteiger partial charge >= 0.3 is 0 Å². The Bertz CT molecular complexity index is 3850. The van der Waals surface area contributed by atoms with E-state index in [1.165, 1.54) is 33.0 Å². The van der Waals surface area contributed by atoms with Crippen LogP contribution in [0.5, 0.6) is 0 Å². The van der Waals surface area contributed by atoms with E-state index in [1.807, 2.05) is 128 Å². The van der Waals surface area contributed by atoms with E-state index < -0.39 is 0 Å². The van der Waals surface area contributed by atoms with Crippen LogP contribution in [0.4, 0.5) is 0 Å². The molecular formula is C62H42N8. The van der Waals surface area contributed by atoms with E-state index in [1.54, 1.807) is 0 Å². The first-order valence-corrected chi connectivity index (χ1v) is 23.5. The lowest BCUT2D eigenvalue weighted by atomic mass is 9.80. The molecule has 0 atom stereocenters. The van der Waals surface area contributed by atoms with Crippen molar-refractivity contribution in [2.75, 3.05) is 0 Å². The van der Waals surface area contributed by atoms with Crippen LogP contribution < -0.4 is 0 Å². The van der Waals surface area contributed by atoms with Gasteiger partial charge in [0.2, 0.25) is 0 Å². The van der Waals surface area contributed by atoms with Gasteiger partial charge in [-0.25, -0.2) is 29.9 Å². The molecule has 1 aliphatic carbocycles. The van der Waals surface area contributed by atoms with Gasteiger partial charge in [0.25, 0.3) is 0 Å². The molecule has 0 amide bonds. The summed E-state index contributed by atoms with van der Waals surface area (Å²) in [5.41, 5.74) is 15.2. The molecule has 13 rings (SSSR count). The van der Waals surface area contributed by atoms with Crippen molar-refractivity contribution in [3.63, 3.8) is 0 Å². The van der Waals surface area contributed by atoms with Crippen LogP contribution in [-0.4, -0.2) is 39.5 Å². The maximum Gasteiger partial charge on any atom is 0.182 e. The van der Waals surface area contributed by atoms with Crippen LogP contribution in [0.2, 0.25) is 0 Å². The second-order valence-electron chi connectivity index (χ2n) is 18.1. The molecule has 330 valence electrons. The van der Waals surface area contributed by atoms with Crippen LogP contribution in [0, 0.1) is 0 Å². The van der Waals surface area contributed by atoms with Gasteiger partial charge in [-0.2, -0.15) is 0 Å². The minimum Gasteiger partial charge on any atom is -0.309 e. The molecular weight excluding hydrogens is 857 g/mol. The third kappa shape index (κ3) is 6.88. The highest BCUT2D eigenvalue weighted by Crippen LogP contribution is 2.53. The van der Waals surface area contributed by atoms with Crippen molar-refractivity contribution in [3.05, 3.63) is 230 Å². The topological polar surface area (TPSA) is 95.2 Å². The number of benzene rings is 8. The quantitative estimate of drug-likeness (QED) is 0.150. The van der Waals surface area contributed by atoms with Gasteiger partial charge in [-0.15, -0.1) is 0 Å². The van der Waals surface area contributed by atoms with Crippen LogP contribution in [0.1, 0.15) is 25.0 Å². The monoisotopic (exact) mass is 898 g/mol. The Balaban J connectivity index is 1.06. The molecule has 1 aliphatic rings. The Morgan fingerprint density at radius 2 is 0.857 bits per heavy atom. The summed E-state index contributed by atoms with van der Waals surface area (Å²) in [5, 5.41) is 2.45. The average molecular weight is 899 g/mol. The number of pyridine rings is 1. The molecule has 0 radical (unpaired) electrons. The zero-order valence-corrected chi connectivity index (χ0v) is 38.4. The van der Waals surface area contributed by atoms with Crippen LogP contribution in [-0.2, 0) is 5.41 Å². The Hall–Kier alpha value is -9.27. The summed E-state index contributed by atoms with van der Waals surface area (Å²) < 4.78 is 2.42. The molecule has 8 heteroatoms. The minimum atomic E-state index is -0.222. The molecule has 70 heavy (non-hydrogen) atoms. The number of hydrogen-bond donors (Lipinski definition) is 0. The van der Waals surface area contributed by atoms with Gasteiger partial charge in [-0.1, -0.05) is 184 Å². The Morgan fingerprint density at radius 1 is 0.357 bits per heavy atom. The average Bonchev–Trinajstić information content (AvgIpc) is 3.89. The van der Waals surface area contributed by atoms with Gasteiger partial charge in [-0.3, -0.25) is 4.98 Å². The summed E-state index contributed by atoms with van der Waals surface area (Å²) in [5.74, 6) is 3.37. The number of fused-ring (bicyclic) bond motifs is 7. The summed E-state index contributed by atoms with van der Waals surface area (Å²) in [6, 6.07) is 73.2. The van der Waals surface area contributed by atoms with Gasteiger partial charge in [0.15, 0.2) is 34.9 Å². The largest absolute Gasteiger partial charge is 0.309 e. The van der Waals surface area contributed by atoms with Crippen LogP contribution >= 0.6 is 0 Å². The zero-order chi connectivity index (χ0) is 46.8. The summed E-state index contributed by atoms with van der Waals surface area (Å²) >= 11 is 0. The van der Waals surface area contributed by atoms with E-state index in [0.717, 1.165) is 55.7 Å². The van der Waals surface area contributed by atoms with Crippen molar-refractivity contribution < 1.29 is 0 Å². The van der Waals surface area contributed by atoms with E-state index in [-0.39, 0.29) is 5.41 Å². The van der Waals surface area contributed by atoms with Crippen LogP contribution in [0.15, 0.2) is 219 Å². The first-order valence-electron chi connectivity index (χ1n) is 23.5. The molecule has 0 N–H and O–H groups in total. The van der Waals surface area contributed by atoms with Crippen molar-refractivity contribution in [1.29, 1.82) is 0 Å². The Kier molecular flexibility index (Phi) is 9.66. The Morgan fingerprint density at radius 3 is 1.44 bits per heavy atom. The third-order valence-electron chi connectivity index (χ3n) is 13.5. The number of aromatic nitrogens is 8. The minimum absolute atomic E-state index is 0.222. The van der Waals surface area contributed by atoms with Crippen molar-refractivity contribution in [2.45, 2.75) is 19.3 Å². The standard InChI is InChI=1S/C62H42N8/c1-62(2)49-29-17-15-27-45(49)46-32-34-53-54(55(46)62)47-28-16-18-30-51(47)70(53)52-33-31-44(60-66-56(39-19-7-3-8-20-39)64-57(67-60)40-21-9-4-10-22-40)37-48(52)43-35-36-63-50(38-43)61-68-58(41-23-11-5-12-24-41)65-59(69-61)42-25-13-6-14-26-42/h3-38H,1-2H3. The predicted octanol–water partition coefficient (Wildman–Crippen LogP) is 14.5. The lowest BCUT2D eigenvalue weighted by molar-refractivity contribution is 0.666. The fourth-order valence-corrected chi connectivity index (χ4v) is 10.3. The molecule has 12 aromatic rings. The zero-order valence-electron chi connectivity index (χ0n) is 38.4. The van der Waals surface area contributed by atoms with Gasteiger partial charge in [-0.05, 0) is 70.3 Å². The van der Waals surface area contributed by atoms with E-state index in [4.69, 9.17) is 34.9 Å².